The first-order chi connectivity index (χ1) is 10.5. The van der Waals surface area contributed by atoms with E-state index in [2.05, 4.69) is 15.9 Å². The first-order valence-corrected chi connectivity index (χ1v) is 9.11. The van der Waals surface area contributed by atoms with E-state index in [-0.39, 0.29) is 22.5 Å². The number of carbonyl (C=O) groups is 2. The number of sulfonamides is 1. The smallest absolute Gasteiger partial charge is 0.337 e. The molecule has 11 heteroatoms. The van der Waals surface area contributed by atoms with Gasteiger partial charge in [0.25, 0.3) is 0 Å². The summed E-state index contributed by atoms with van der Waals surface area (Å²) >= 11 is 8.64. The minimum Gasteiger partial charge on any atom is -0.478 e. The van der Waals surface area contributed by atoms with Crippen LogP contribution in [0, 0.1) is 11.7 Å². The Morgan fingerprint density at radius 3 is 2.70 bits per heavy atom. The normalized spacial score (nSPS) is 18.5. The van der Waals surface area contributed by atoms with Crippen molar-refractivity contribution in [1.82, 2.24) is 0 Å². The van der Waals surface area contributed by atoms with E-state index in [0.29, 0.717) is 0 Å². The maximum atomic E-state index is 14.4. The fourth-order valence-corrected chi connectivity index (χ4v) is 3.82. The number of amides is 1. The molecule has 0 saturated carbocycles. The van der Waals surface area contributed by atoms with Crippen molar-refractivity contribution < 1.29 is 27.5 Å². The Labute approximate surface area is 144 Å². The van der Waals surface area contributed by atoms with Gasteiger partial charge in [0.1, 0.15) is 0 Å². The number of benzene rings is 1. The average molecular weight is 430 g/mol. The summed E-state index contributed by atoms with van der Waals surface area (Å²) in [6, 6.07) is 1.02. The molecule has 0 bridgehead atoms. The van der Waals surface area contributed by atoms with Crippen molar-refractivity contribution in [3.05, 3.63) is 26.9 Å². The summed E-state index contributed by atoms with van der Waals surface area (Å²) in [6.45, 7) is -0.152. The number of aromatic carboxylic acids is 1. The summed E-state index contributed by atoms with van der Waals surface area (Å²) in [5.74, 6) is -4.15. The molecule has 1 unspecified atom stereocenters. The number of nitrogens with two attached hydrogens (primary N) is 1. The highest BCUT2D eigenvalue weighted by Gasteiger charge is 2.37. The molecule has 0 spiro atoms. The maximum Gasteiger partial charge on any atom is 0.337 e. The minimum atomic E-state index is -3.81. The van der Waals surface area contributed by atoms with E-state index < -0.39 is 50.6 Å². The molecule has 1 aromatic carbocycles. The molecule has 1 amide bonds. The Morgan fingerprint density at radius 2 is 2.17 bits per heavy atom. The van der Waals surface area contributed by atoms with Crippen molar-refractivity contribution in [2.24, 2.45) is 11.1 Å². The molecular weight excluding hydrogens is 419 g/mol. The van der Waals surface area contributed by atoms with Gasteiger partial charge in [-0.25, -0.2) is 22.7 Å². The molecule has 0 aliphatic carbocycles. The van der Waals surface area contributed by atoms with Crippen molar-refractivity contribution in [2.45, 2.75) is 6.42 Å². The fraction of sp³-hybridized carbons (Fsp3) is 0.333. The molecule has 7 nitrogen and oxygen atoms in total. The first kappa shape index (κ1) is 18.1. The first-order valence-electron chi connectivity index (χ1n) is 6.23. The second-order valence-corrected chi connectivity index (χ2v) is 7.95. The Bertz CT molecular complexity index is 801. The van der Waals surface area contributed by atoms with E-state index in [1.54, 1.807) is 0 Å². The number of carboxylic acid groups (broad SMARTS) is 1. The second kappa shape index (κ2) is 6.34. The standard InChI is InChI=1S/C12H11BrClFN2O5S/c13-9-7(14)2-6(12(19)20)11(10(9)15)17-3-5(1-8(17)18)4-23(16,21)22/h2,5H,1,3-4H2,(H,19,20)(H2,16,21,22). The zero-order valence-corrected chi connectivity index (χ0v) is 14.6. The molecular formula is C12H11BrClFN2O5S. The number of halogens is 3. The zero-order valence-electron chi connectivity index (χ0n) is 11.4. The van der Waals surface area contributed by atoms with E-state index in [4.69, 9.17) is 16.7 Å². The highest BCUT2D eigenvalue weighted by molar-refractivity contribution is 9.10. The van der Waals surface area contributed by atoms with Gasteiger partial charge in [-0.3, -0.25) is 4.79 Å². The number of anilines is 1. The number of rotatable bonds is 4. The summed E-state index contributed by atoms with van der Waals surface area (Å²) in [6.07, 6.45) is -0.171. The Balaban J connectivity index is 2.48. The lowest BCUT2D eigenvalue weighted by molar-refractivity contribution is -0.117. The third-order valence-electron chi connectivity index (χ3n) is 3.31. The van der Waals surface area contributed by atoms with Gasteiger partial charge in [0, 0.05) is 18.9 Å². The fourth-order valence-electron chi connectivity index (χ4n) is 2.45. The SMILES string of the molecule is NS(=O)(=O)CC1CC(=O)N(c2c(C(=O)O)cc(Cl)c(Br)c2F)C1. The maximum absolute atomic E-state index is 14.4. The number of nitrogens with zero attached hydrogens (tertiary/aromatic N) is 1. The van der Waals surface area contributed by atoms with Crippen LogP contribution in [0.2, 0.25) is 5.02 Å². The van der Waals surface area contributed by atoms with E-state index in [1.807, 2.05) is 0 Å². The molecule has 1 heterocycles. The van der Waals surface area contributed by atoms with Crippen LogP contribution in [0.3, 0.4) is 0 Å². The van der Waals surface area contributed by atoms with Crippen LogP contribution in [0.5, 0.6) is 0 Å². The largest absolute Gasteiger partial charge is 0.478 e. The van der Waals surface area contributed by atoms with Gasteiger partial charge >= 0.3 is 5.97 Å². The lowest BCUT2D eigenvalue weighted by atomic mass is 10.1. The van der Waals surface area contributed by atoms with Gasteiger partial charge in [0.05, 0.1) is 26.5 Å². The molecule has 0 aromatic heterocycles. The Kier molecular flexibility index (Phi) is 5.00. The third-order valence-corrected chi connectivity index (χ3v) is 5.55. The Morgan fingerprint density at radius 1 is 1.57 bits per heavy atom. The zero-order chi connectivity index (χ0) is 17.5. The van der Waals surface area contributed by atoms with Crippen molar-refractivity contribution in [1.29, 1.82) is 0 Å². The summed E-state index contributed by atoms with van der Waals surface area (Å²) in [4.78, 5) is 24.3. The number of hydrogen-bond donors (Lipinski definition) is 2. The Hall–Kier alpha value is -1.23. The summed E-state index contributed by atoms with van der Waals surface area (Å²) in [5, 5.41) is 14.0. The minimum absolute atomic E-state index is 0.152. The highest BCUT2D eigenvalue weighted by Crippen LogP contribution is 2.38. The van der Waals surface area contributed by atoms with Gasteiger partial charge in [-0.1, -0.05) is 11.6 Å². The number of primary sulfonamides is 1. The van der Waals surface area contributed by atoms with Crippen molar-refractivity contribution in [3.63, 3.8) is 0 Å². The molecule has 2 rings (SSSR count). The molecule has 1 saturated heterocycles. The molecule has 126 valence electrons. The molecule has 1 aromatic rings. The highest BCUT2D eigenvalue weighted by atomic mass is 79.9. The summed E-state index contributed by atoms with van der Waals surface area (Å²) in [7, 11) is -3.81. The number of hydrogen-bond acceptors (Lipinski definition) is 4. The van der Waals surface area contributed by atoms with E-state index in [9.17, 15) is 27.5 Å². The van der Waals surface area contributed by atoms with Crippen molar-refractivity contribution >= 4 is 55.1 Å². The molecule has 23 heavy (non-hydrogen) atoms. The molecule has 1 fully saturated rings. The summed E-state index contributed by atoms with van der Waals surface area (Å²) < 4.78 is 36.5. The van der Waals surface area contributed by atoms with E-state index >= 15 is 0 Å². The van der Waals surface area contributed by atoms with Gasteiger partial charge < -0.3 is 10.0 Å². The van der Waals surface area contributed by atoms with Gasteiger partial charge in [0.15, 0.2) is 5.82 Å². The van der Waals surface area contributed by atoms with Crippen LogP contribution in [0.15, 0.2) is 10.5 Å². The van der Waals surface area contributed by atoms with Crippen LogP contribution in [-0.4, -0.2) is 37.7 Å². The van der Waals surface area contributed by atoms with Crippen LogP contribution in [0.4, 0.5) is 10.1 Å². The van der Waals surface area contributed by atoms with Crippen molar-refractivity contribution in [2.75, 3.05) is 17.2 Å². The van der Waals surface area contributed by atoms with Gasteiger partial charge in [-0.05, 0) is 22.0 Å². The number of carbonyl (C=O) groups excluding carboxylic acids is 1. The predicted octanol–water partition coefficient (Wildman–Crippen LogP) is 1.58. The molecule has 0 radical (unpaired) electrons. The van der Waals surface area contributed by atoms with E-state index in [1.165, 1.54) is 0 Å². The lowest BCUT2D eigenvalue weighted by Crippen LogP contribution is -2.29. The average Bonchev–Trinajstić information content (AvgIpc) is 2.73. The van der Waals surface area contributed by atoms with E-state index in [0.717, 1.165) is 11.0 Å². The lowest BCUT2D eigenvalue weighted by Gasteiger charge is -2.21. The monoisotopic (exact) mass is 428 g/mol. The molecule has 1 atom stereocenters. The molecule has 3 N–H and O–H groups in total. The van der Waals surface area contributed by atoms with Gasteiger partial charge in [-0.15, -0.1) is 0 Å². The summed E-state index contributed by atoms with van der Waals surface area (Å²) in [5.41, 5.74) is -0.934. The van der Waals surface area contributed by atoms with Crippen LogP contribution >= 0.6 is 27.5 Å². The van der Waals surface area contributed by atoms with Crippen LogP contribution in [0.1, 0.15) is 16.8 Å². The number of carboxylic acids is 1. The van der Waals surface area contributed by atoms with Crippen LogP contribution < -0.4 is 10.0 Å². The third kappa shape index (κ3) is 3.82. The van der Waals surface area contributed by atoms with Crippen LogP contribution in [-0.2, 0) is 14.8 Å². The van der Waals surface area contributed by atoms with Gasteiger partial charge in [0.2, 0.25) is 15.9 Å². The molecule has 1 aliphatic rings. The quantitative estimate of drug-likeness (QED) is 0.705. The van der Waals surface area contributed by atoms with Crippen molar-refractivity contribution in [3.8, 4) is 0 Å². The molecule has 1 aliphatic heterocycles. The second-order valence-electron chi connectivity index (χ2n) is 5.09. The van der Waals surface area contributed by atoms with Crippen LogP contribution in [0.25, 0.3) is 0 Å². The predicted molar refractivity (Wildman–Crippen MR) is 84.5 cm³/mol. The van der Waals surface area contributed by atoms with Gasteiger partial charge in [-0.2, -0.15) is 0 Å². The topological polar surface area (TPSA) is 118 Å².